The summed E-state index contributed by atoms with van der Waals surface area (Å²) in [6, 6.07) is 12.7. The van der Waals surface area contributed by atoms with Gasteiger partial charge in [-0.2, -0.15) is 0 Å². The van der Waals surface area contributed by atoms with Crippen molar-refractivity contribution in [1.82, 2.24) is 14.9 Å². The van der Waals surface area contributed by atoms with Gasteiger partial charge in [0.05, 0.1) is 22.6 Å². The Morgan fingerprint density at radius 1 is 1.28 bits per heavy atom. The third-order valence-corrected chi connectivity index (χ3v) is 5.76. The van der Waals surface area contributed by atoms with E-state index in [0.717, 1.165) is 46.9 Å². The van der Waals surface area contributed by atoms with Gasteiger partial charge >= 0.3 is 0 Å². The molecule has 1 fully saturated rings. The van der Waals surface area contributed by atoms with E-state index in [1.54, 1.807) is 6.92 Å². The lowest BCUT2D eigenvalue weighted by Gasteiger charge is -2.25. The summed E-state index contributed by atoms with van der Waals surface area (Å²) in [6.07, 6.45) is 4.28. The number of piperidine rings is 1. The monoisotopic (exact) mass is 351 g/mol. The summed E-state index contributed by atoms with van der Waals surface area (Å²) < 4.78 is 2.29. The van der Waals surface area contributed by atoms with Crippen molar-refractivity contribution < 1.29 is 4.79 Å². The van der Waals surface area contributed by atoms with E-state index < -0.39 is 0 Å². The molecule has 1 aliphatic heterocycles. The molecule has 0 bridgehead atoms. The van der Waals surface area contributed by atoms with Crippen LogP contribution in [-0.2, 0) is 0 Å². The largest absolute Gasteiger partial charge is 0.326 e. The van der Waals surface area contributed by atoms with E-state index in [1.807, 2.05) is 30.6 Å². The van der Waals surface area contributed by atoms with Crippen molar-refractivity contribution in [1.29, 1.82) is 0 Å². The minimum atomic E-state index is 0.114. The van der Waals surface area contributed by atoms with Gasteiger partial charge in [-0.15, -0.1) is 11.3 Å². The number of carbonyl (C=O) groups is 1. The number of ketones is 1. The number of aromatic nitrogens is 2. The van der Waals surface area contributed by atoms with Gasteiger partial charge in [0.25, 0.3) is 0 Å². The van der Waals surface area contributed by atoms with Crippen LogP contribution in [0.2, 0.25) is 0 Å². The molecule has 1 atom stereocenters. The number of nitrogens with zero attached hydrogens (tertiary/aromatic N) is 2. The zero-order valence-electron chi connectivity index (χ0n) is 14.2. The number of benzene rings is 1. The van der Waals surface area contributed by atoms with E-state index in [0.29, 0.717) is 6.04 Å². The third-order valence-electron chi connectivity index (χ3n) is 4.73. The number of rotatable bonds is 4. The minimum Gasteiger partial charge on any atom is -0.326 e. The van der Waals surface area contributed by atoms with E-state index in [-0.39, 0.29) is 5.78 Å². The number of nitrogens with one attached hydrogen (secondary N) is 1. The number of imidazole rings is 1. The fourth-order valence-electron chi connectivity index (χ4n) is 3.45. The molecule has 0 aliphatic carbocycles. The van der Waals surface area contributed by atoms with Crippen LogP contribution in [0.1, 0.15) is 35.5 Å². The van der Waals surface area contributed by atoms with Crippen molar-refractivity contribution in [2.45, 2.75) is 25.8 Å². The Morgan fingerprint density at radius 3 is 2.80 bits per heavy atom. The Balaban J connectivity index is 1.85. The number of carbonyl (C=O) groups excluding carboxylic acids is 1. The maximum Gasteiger partial charge on any atom is 0.169 e. The van der Waals surface area contributed by atoms with Crippen LogP contribution in [-0.4, -0.2) is 28.4 Å². The van der Waals surface area contributed by atoms with Crippen molar-refractivity contribution >= 4 is 17.1 Å². The second-order valence-electron chi connectivity index (χ2n) is 6.47. The quantitative estimate of drug-likeness (QED) is 0.709. The molecule has 1 aromatic carbocycles. The van der Waals surface area contributed by atoms with Gasteiger partial charge in [0.2, 0.25) is 0 Å². The highest BCUT2D eigenvalue weighted by Crippen LogP contribution is 2.36. The van der Waals surface area contributed by atoms with E-state index in [1.165, 1.54) is 17.8 Å². The zero-order chi connectivity index (χ0) is 17.2. The molecule has 1 aliphatic rings. The Labute approximate surface area is 151 Å². The first kappa shape index (κ1) is 16.2. The van der Waals surface area contributed by atoms with Crippen molar-refractivity contribution in [2.24, 2.45) is 0 Å². The maximum atomic E-state index is 11.7. The van der Waals surface area contributed by atoms with E-state index in [2.05, 4.69) is 27.4 Å². The highest BCUT2D eigenvalue weighted by Gasteiger charge is 2.23. The summed E-state index contributed by atoms with van der Waals surface area (Å²) in [5, 5.41) is 5.56. The minimum absolute atomic E-state index is 0.114. The van der Waals surface area contributed by atoms with Crippen LogP contribution in [0.25, 0.3) is 22.5 Å². The standard InChI is InChI=1S/C20H21N3OS/c1-14(24)18-10-16(12-25-18)20-19(15-6-3-2-4-7-15)22-13-23(20)17-8-5-9-21-11-17/h2-4,6-7,10,12-13,17,21H,5,8-9,11H2,1H3/t17-/m0/s1. The molecule has 5 heteroatoms. The lowest BCUT2D eigenvalue weighted by molar-refractivity contribution is 0.102. The predicted molar refractivity (Wildman–Crippen MR) is 102 cm³/mol. The lowest BCUT2D eigenvalue weighted by Crippen LogP contribution is -2.31. The summed E-state index contributed by atoms with van der Waals surface area (Å²) in [7, 11) is 0. The molecule has 1 saturated heterocycles. The van der Waals surface area contributed by atoms with Crippen LogP contribution < -0.4 is 5.32 Å². The Morgan fingerprint density at radius 2 is 2.12 bits per heavy atom. The molecule has 4 nitrogen and oxygen atoms in total. The summed E-state index contributed by atoms with van der Waals surface area (Å²) in [6.45, 7) is 3.66. The van der Waals surface area contributed by atoms with E-state index in [4.69, 9.17) is 4.98 Å². The van der Waals surface area contributed by atoms with E-state index >= 15 is 0 Å². The van der Waals surface area contributed by atoms with Crippen molar-refractivity contribution in [3.8, 4) is 22.5 Å². The second-order valence-corrected chi connectivity index (χ2v) is 7.38. The fourth-order valence-corrected chi connectivity index (χ4v) is 4.24. The topological polar surface area (TPSA) is 46.9 Å². The molecule has 1 N–H and O–H groups in total. The third kappa shape index (κ3) is 3.17. The molecule has 2 aromatic heterocycles. The first-order chi connectivity index (χ1) is 12.2. The van der Waals surface area contributed by atoms with Gasteiger partial charge in [0, 0.05) is 29.1 Å². The molecular weight excluding hydrogens is 330 g/mol. The highest BCUT2D eigenvalue weighted by molar-refractivity contribution is 7.12. The number of hydrogen-bond donors (Lipinski definition) is 1. The average Bonchev–Trinajstić information content (AvgIpc) is 3.30. The Hall–Kier alpha value is -2.24. The molecule has 0 spiro atoms. The van der Waals surface area contributed by atoms with Gasteiger partial charge in [-0.25, -0.2) is 4.98 Å². The Kier molecular flexibility index (Phi) is 4.51. The number of Topliss-reactive ketones (excluding diaryl/α,β-unsaturated/α-hetero) is 1. The fraction of sp³-hybridized carbons (Fsp3) is 0.300. The summed E-state index contributed by atoms with van der Waals surface area (Å²) in [4.78, 5) is 17.3. The van der Waals surface area contributed by atoms with Gasteiger partial charge in [0.15, 0.2) is 5.78 Å². The number of thiophene rings is 1. The molecule has 128 valence electrons. The first-order valence-corrected chi connectivity index (χ1v) is 9.55. The molecule has 3 heterocycles. The SMILES string of the molecule is CC(=O)c1cc(-c2c(-c3ccccc3)ncn2[C@H]2CCCNC2)cs1. The van der Waals surface area contributed by atoms with Crippen LogP contribution in [0.5, 0.6) is 0 Å². The molecule has 4 rings (SSSR count). The van der Waals surface area contributed by atoms with Crippen molar-refractivity contribution in [3.63, 3.8) is 0 Å². The smallest absolute Gasteiger partial charge is 0.169 e. The molecule has 0 unspecified atom stereocenters. The van der Waals surface area contributed by atoms with Crippen LogP contribution in [0.15, 0.2) is 48.1 Å². The van der Waals surface area contributed by atoms with Gasteiger partial charge in [0.1, 0.15) is 0 Å². The molecular formula is C20H21N3OS. The van der Waals surface area contributed by atoms with Crippen molar-refractivity contribution in [2.75, 3.05) is 13.1 Å². The van der Waals surface area contributed by atoms with E-state index in [9.17, 15) is 4.79 Å². The van der Waals surface area contributed by atoms with Crippen LogP contribution in [0.4, 0.5) is 0 Å². The normalized spacial score (nSPS) is 17.6. The summed E-state index contributed by atoms with van der Waals surface area (Å²) in [5.74, 6) is 0.114. The Bertz CT molecular complexity index is 875. The molecule has 25 heavy (non-hydrogen) atoms. The second kappa shape index (κ2) is 6.94. The highest BCUT2D eigenvalue weighted by atomic mass is 32.1. The molecule has 0 saturated carbocycles. The van der Waals surface area contributed by atoms with Gasteiger partial charge in [-0.3, -0.25) is 4.79 Å². The van der Waals surface area contributed by atoms with Crippen LogP contribution in [0.3, 0.4) is 0 Å². The molecule has 3 aromatic rings. The van der Waals surface area contributed by atoms with Crippen molar-refractivity contribution in [3.05, 3.63) is 53.0 Å². The lowest BCUT2D eigenvalue weighted by atomic mass is 10.0. The number of hydrogen-bond acceptors (Lipinski definition) is 4. The molecule has 0 amide bonds. The zero-order valence-corrected chi connectivity index (χ0v) is 15.1. The first-order valence-electron chi connectivity index (χ1n) is 8.67. The van der Waals surface area contributed by atoms with Gasteiger partial charge < -0.3 is 9.88 Å². The molecule has 0 radical (unpaired) electrons. The van der Waals surface area contributed by atoms with Crippen LogP contribution in [0, 0.1) is 0 Å². The maximum absolute atomic E-state index is 11.7. The summed E-state index contributed by atoms with van der Waals surface area (Å²) in [5.41, 5.74) is 4.29. The van der Waals surface area contributed by atoms with Crippen LogP contribution >= 0.6 is 11.3 Å². The average molecular weight is 351 g/mol. The van der Waals surface area contributed by atoms with Gasteiger partial charge in [-0.05, 0) is 32.4 Å². The predicted octanol–water partition coefficient (Wildman–Crippen LogP) is 4.41. The van der Waals surface area contributed by atoms with Gasteiger partial charge in [-0.1, -0.05) is 30.3 Å². The summed E-state index contributed by atoms with van der Waals surface area (Å²) >= 11 is 1.51.